The maximum Gasteiger partial charge on any atom is 0.254 e. The number of piperidine rings is 1. The van der Waals surface area contributed by atoms with E-state index in [4.69, 9.17) is 0 Å². The molecule has 1 saturated heterocycles. The molecule has 2 aliphatic rings. The SMILES string of the molecule is O=C(Cc1ccc(F)cc1)Nc1ccc(C(=O)N2CCC[C@@H]3CCCC[C@@H]32)cc1. The fourth-order valence-corrected chi connectivity index (χ4v) is 4.73. The molecule has 1 aliphatic heterocycles. The van der Waals surface area contributed by atoms with Gasteiger partial charge in [0.25, 0.3) is 5.91 Å². The molecule has 4 rings (SSSR count). The van der Waals surface area contributed by atoms with Crippen LogP contribution in [0.2, 0.25) is 0 Å². The smallest absolute Gasteiger partial charge is 0.254 e. The summed E-state index contributed by atoms with van der Waals surface area (Å²) in [5, 5.41) is 2.84. The van der Waals surface area contributed by atoms with Gasteiger partial charge >= 0.3 is 0 Å². The Morgan fingerprint density at radius 2 is 1.62 bits per heavy atom. The average molecular weight is 394 g/mol. The van der Waals surface area contributed by atoms with E-state index in [2.05, 4.69) is 10.2 Å². The maximum absolute atomic E-state index is 13.1. The van der Waals surface area contributed by atoms with E-state index < -0.39 is 0 Å². The number of amides is 2. The van der Waals surface area contributed by atoms with E-state index in [1.807, 2.05) is 0 Å². The first-order chi connectivity index (χ1) is 14.1. The van der Waals surface area contributed by atoms with Crippen molar-refractivity contribution in [3.8, 4) is 0 Å². The number of nitrogens with one attached hydrogen (secondary N) is 1. The lowest BCUT2D eigenvalue weighted by Crippen LogP contribution is -2.49. The van der Waals surface area contributed by atoms with Crippen molar-refractivity contribution in [2.75, 3.05) is 11.9 Å². The third-order valence-corrected chi connectivity index (χ3v) is 6.20. The number of carbonyl (C=O) groups excluding carboxylic acids is 2. The standard InChI is InChI=1S/C24H27FN2O2/c25-20-11-7-17(8-12-20)16-23(28)26-21-13-9-19(10-14-21)24(29)27-15-3-5-18-4-1-2-6-22(18)27/h7-14,18,22H,1-6,15-16H2,(H,26,28)/t18-,22-/m0/s1. The summed E-state index contributed by atoms with van der Waals surface area (Å²) in [5.74, 6) is 0.275. The van der Waals surface area contributed by atoms with Crippen molar-refractivity contribution in [1.29, 1.82) is 0 Å². The van der Waals surface area contributed by atoms with Gasteiger partial charge in [-0.05, 0) is 73.6 Å². The molecule has 2 atom stereocenters. The number of nitrogens with zero attached hydrogens (tertiary/aromatic N) is 1. The Bertz CT molecular complexity index is 861. The van der Waals surface area contributed by atoms with E-state index in [0.29, 0.717) is 23.2 Å². The van der Waals surface area contributed by atoms with Crippen molar-refractivity contribution in [3.05, 3.63) is 65.5 Å². The quantitative estimate of drug-likeness (QED) is 0.810. The number of rotatable bonds is 4. The first kappa shape index (κ1) is 19.6. The zero-order valence-corrected chi connectivity index (χ0v) is 16.6. The van der Waals surface area contributed by atoms with Gasteiger partial charge in [0, 0.05) is 23.8 Å². The minimum atomic E-state index is -0.317. The third kappa shape index (κ3) is 4.66. The van der Waals surface area contributed by atoms with E-state index in [0.717, 1.165) is 24.9 Å². The topological polar surface area (TPSA) is 49.4 Å². The second-order valence-electron chi connectivity index (χ2n) is 8.18. The highest BCUT2D eigenvalue weighted by Crippen LogP contribution is 2.36. The molecule has 1 aliphatic carbocycles. The molecule has 29 heavy (non-hydrogen) atoms. The molecule has 0 radical (unpaired) electrons. The highest BCUT2D eigenvalue weighted by Gasteiger charge is 2.35. The fourth-order valence-electron chi connectivity index (χ4n) is 4.73. The summed E-state index contributed by atoms with van der Waals surface area (Å²) in [6.45, 7) is 0.843. The van der Waals surface area contributed by atoms with Crippen LogP contribution in [0.15, 0.2) is 48.5 Å². The van der Waals surface area contributed by atoms with Crippen LogP contribution in [0.4, 0.5) is 10.1 Å². The monoisotopic (exact) mass is 394 g/mol. The van der Waals surface area contributed by atoms with Crippen LogP contribution in [-0.2, 0) is 11.2 Å². The summed E-state index contributed by atoms with van der Waals surface area (Å²) in [6.07, 6.45) is 7.37. The lowest BCUT2D eigenvalue weighted by molar-refractivity contribution is -0.115. The molecule has 0 unspecified atom stereocenters. The number of benzene rings is 2. The van der Waals surface area contributed by atoms with Gasteiger partial charge < -0.3 is 10.2 Å². The molecule has 2 aromatic carbocycles. The molecule has 4 nitrogen and oxygen atoms in total. The van der Waals surface area contributed by atoms with Gasteiger partial charge in [0.15, 0.2) is 0 Å². The molecule has 2 fully saturated rings. The zero-order chi connectivity index (χ0) is 20.2. The number of hydrogen-bond acceptors (Lipinski definition) is 2. The largest absolute Gasteiger partial charge is 0.335 e. The molecule has 1 heterocycles. The summed E-state index contributed by atoms with van der Waals surface area (Å²) in [7, 11) is 0. The van der Waals surface area contributed by atoms with Crippen LogP contribution >= 0.6 is 0 Å². The summed E-state index contributed by atoms with van der Waals surface area (Å²) < 4.78 is 13.0. The minimum Gasteiger partial charge on any atom is -0.335 e. The highest BCUT2D eigenvalue weighted by molar-refractivity contribution is 5.96. The first-order valence-corrected chi connectivity index (χ1v) is 10.6. The molecule has 1 saturated carbocycles. The number of fused-ring (bicyclic) bond motifs is 1. The number of anilines is 1. The van der Waals surface area contributed by atoms with Crippen LogP contribution in [0.1, 0.15) is 54.4 Å². The van der Waals surface area contributed by atoms with Gasteiger partial charge in [-0.25, -0.2) is 4.39 Å². The number of hydrogen-bond donors (Lipinski definition) is 1. The molecule has 0 aromatic heterocycles. The number of carbonyl (C=O) groups is 2. The van der Waals surface area contributed by atoms with Crippen molar-refractivity contribution >= 4 is 17.5 Å². The van der Waals surface area contributed by atoms with Gasteiger partial charge in [-0.1, -0.05) is 25.0 Å². The van der Waals surface area contributed by atoms with E-state index in [1.54, 1.807) is 36.4 Å². The van der Waals surface area contributed by atoms with Crippen LogP contribution in [0.25, 0.3) is 0 Å². The molecule has 2 amide bonds. The van der Waals surface area contributed by atoms with E-state index in [9.17, 15) is 14.0 Å². The van der Waals surface area contributed by atoms with Crippen molar-refractivity contribution in [1.82, 2.24) is 4.90 Å². The molecule has 152 valence electrons. The van der Waals surface area contributed by atoms with Gasteiger partial charge in [0.1, 0.15) is 5.82 Å². The molecular formula is C24H27FN2O2. The lowest BCUT2D eigenvalue weighted by Gasteiger charge is -2.44. The second-order valence-corrected chi connectivity index (χ2v) is 8.18. The van der Waals surface area contributed by atoms with Crippen LogP contribution in [0, 0.1) is 11.7 Å². The van der Waals surface area contributed by atoms with Crippen molar-refractivity contribution < 1.29 is 14.0 Å². The second kappa shape index (κ2) is 8.76. The minimum absolute atomic E-state index is 0.103. The van der Waals surface area contributed by atoms with Gasteiger partial charge in [-0.2, -0.15) is 0 Å². The average Bonchev–Trinajstić information content (AvgIpc) is 2.75. The summed E-state index contributed by atoms with van der Waals surface area (Å²) >= 11 is 0. The zero-order valence-electron chi connectivity index (χ0n) is 16.6. The Balaban J connectivity index is 1.37. The van der Waals surface area contributed by atoms with Gasteiger partial charge in [0.05, 0.1) is 6.42 Å². The summed E-state index contributed by atoms with van der Waals surface area (Å²) in [5.41, 5.74) is 2.08. The molecular weight excluding hydrogens is 367 g/mol. The molecule has 0 spiro atoms. The normalized spacial score (nSPS) is 21.3. The van der Waals surface area contributed by atoms with E-state index in [1.165, 1.54) is 37.8 Å². The number of halogens is 1. The maximum atomic E-state index is 13.1. The molecule has 2 aromatic rings. The Morgan fingerprint density at radius 3 is 2.38 bits per heavy atom. The Hall–Kier alpha value is -2.69. The fraction of sp³-hybridized carbons (Fsp3) is 0.417. The van der Waals surface area contributed by atoms with Crippen LogP contribution in [-0.4, -0.2) is 29.3 Å². The van der Waals surface area contributed by atoms with Gasteiger partial charge in [-0.15, -0.1) is 0 Å². The van der Waals surface area contributed by atoms with Gasteiger partial charge in [-0.3, -0.25) is 9.59 Å². The Kier molecular flexibility index (Phi) is 5.93. The van der Waals surface area contributed by atoms with Crippen LogP contribution in [0.3, 0.4) is 0 Å². The summed E-state index contributed by atoms with van der Waals surface area (Å²) in [6, 6.07) is 13.4. The predicted molar refractivity (Wildman–Crippen MR) is 111 cm³/mol. The van der Waals surface area contributed by atoms with E-state index in [-0.39, 0.29) is 24.1 Å². The number of likely N-dealkylation sites (tertiary alicyclic amines) is 1. The van der Waals surface area contributed by atoms with Gasteiger partial charge in [0.2, 0.25) is 5.91 Å². The van der Waals surface area contributed by atoms with Crippen molar-refractivity contribution in [3.63, 3.8) is 0 Å². The van der Waals surface area contributed by atoms with Crippen LogP contribution in [0.5, 0.6) is 0 Å². The molecule has 5 heteroatoms. The lowest BCUT2D eigenvalue weighted by atomic mass is 9.78. The van der Waals surface area contributed by atoms with Crippen molar-refractivity contribution in [2.45, 2.75) is 51.0 Å². The Labute approximate surface area is 171 Å². The first-order valence-electron chi connectivity index (χ1n) is 10.6. The highest BCUT2D eigenvalue weighted by atomic mass is 19.1. The van der Waals surface area contributed by atoms with Crippen molar-refractivity contribution in [2.24, 2.45) is 5.92 Å². The third-order valence-electron chi connectivity index (χ3n) is 6.20. The van der Waals surface area contributed by atoms with Crippen LogP contribution < -0.4 is 5.32 Å². The molecule has 1 N–H and O–H groups in total. The molecule has 0 bridgehead atoms. The predicted octanol–water partition coefficient (Wildman–Crippen LogP) is 4.80. The van der Waals surface area contributed by atoms with E-state index >= 15 is 0 Å². The summed E-state index contributed by atoms with van der Waals surface area (Å²) in [4.78, 5) is 27.4. The Morgan fingerprint density at radius 1 is 0.931 bits per heavy atom.